The minimum Gasteiger partial charge on any atom is -0.481 e. The molecule has 0 aliphatic heterocycles. The number of hydrogen-bond donors (Lipinski definition) is 6. The van der Waals surface area contributed by atoms with Crippen LogP contribution in [-0.2, 0) is 19.2 Å². The highest BCUT2D eigenvalue weighted by molar-refractivity contribution is 7.78. The second-order valence-corrected chi connectivity index (χ2v) is 7.32. The monoisotopic (exact) mass is 496 g/mol. The van der Waals surface area contributed by atoms with Crippen molar-refractivity contribution < 1.29 is 44.4 Å². The molecule has 13 nitrogen and oxygen atoms in total. The number of carbonyl (C=O) groups is 5. The van der Waals surface area contributed by atoms with E-state index in [0.717, 1.165) is 0 Å². The summed E-state index contributed by atoms with van der Waals surface area (Å²) in [6.45, 7) is -2.62. The van der Waals surface area contributed by atoms with Crippen molar-refractivity contribution in [3.63, 3.8) is 0 Å². The predicted octanol–water partition coefficient (Wildman–Crippen LogP) is -0.624. The van der Waals surface area contributed by atoms with Gasteiger partial charge in [0.2, 0.25) is 11.4 Å². The summed E-state index contributed by atoms with van der Waals surface area (Å²) in [5.41, 5.74) is 0.334. The number of aliphatic imine (C=N–C) groups is 1. The highest BCUT2D eigenvalue weighted by Gasteiger charge is 2.62. The first-order chi connectivity index (χ1) is 16.0. The van der Waals surface area contributed by atoms with Gasteiger partial charge in [-0.05, 0) is 12.2 Å². The van der Waals surface area contributed by atoms with Crippen LogP contribution in [0.1, 0.15) is 23.2 Å². The average Bonchev–Trinajstić information content (AvgIpc) is 2.74. The van der Waals surface area contributed by atoms with Crippen molar-refractivity contribution in [1.82, 2.24) is 10.2 Å². The van der Waals surface area contributed by atoms with Crippen LogP contribution in [0, 0.1) is 0 Å². The Morgan fingerprint density at radius 1 is 0.941 bits per heavy atom. The minimum atomic E-state index is -2.59. The van der Waals surface area contributed by atoms with Gasteiger partial charge in [0.05, 0.1) is 36.6 Å². The number of hydrogen-bond acceptors (Lipinski definition) is 10. The number of Topliss-reactive ketones (excluding diaryl/α,β-unsaturated/α-hetero) is 1. The molecule has 0 fully saturated rings. The van der Waals surface area contributed by atoms with Crippen molar-refractivity contribution >= 4 is 47.0 Å². The molecule has 34 heavy (non-hydrogen) atoms. The zero-order valence-electron chi connectivity index (χ0n) is 17.8. The Morgan fingerprint density at radius 3 is 1.82 bits per heavy atom. The lowest BCUT2D eigenvalue weighted by molar-refractivity contribution is -0.158. The Balaban J connectivity index is 4.18. The van der Waals surface area contributed by atoms with Crippen LogP contribution >= 0.6 is 12.2 Å². The van der Waals surface area contributed by atoms with E-state index in [0.29, 0.717) is 4.90 Å². The Kier molecular flexibility index (Phi) is 10.6. The van der Waals surface area contributed by atoms with E-state index in [1.165, 1.54) is 24.3 Å². The molecule has 0 spiro atoms. The molecule has 1 unspecified atom stereocenters. The van der Waals surface area contributed by atoms with Crippen molar-refractivity contribution in [3.8, 4) is 0 Å². The molecule has 14 heteroatoms. The first-order valence-electron chi connectivity index (χ1n) is 9.72. The summed E-state index contributed by atoms with van der Waals surface area (Å²) in [7, 11) is 0. The quantitative estimate of drug-likeness (QED) is 0.0955. The fourth-order valence-corrected chi connectivity index (χ4v) is 3.86. The third-order valence-corrected chi connectivity index (χ3v) is 5.01. The van der Waals surface area contributed by atoms with E-state index in [1.54, 1.807) is 6.07 Å². The number of carboxylic acids is 4. The molecule has 1 atom stereocenters. The molecule has 0 radical (unpaired) electrons. The molecule has 7 N–H and O–H groups in total. The number of ketones is 1. The molecule has 0 aliphatic carbocycles. The number of thiocarbonyl (C=S) groups is 1. The van der Waals surface area contributed by atoms with Gasteiger partial charge in [0.15, 0.2) is 0 Å². The maximum Gasteiger partial charge on any atom is 0.317 e. The number of carboxylic acid groups (broad SMARTS) is 4. The SMILES string of the molecule is NCCNC(N=C=S)(C(=O)c1ccccc1)C(CC(=O)O)(CC(=O)O)N(CC(=O)O)CC(=O)O. The molecule has 0 saturated carbocycles. The fourth-order valence-electron chi connectivity index (χ4n) is 3.73. The maximum atomic E-state index is 13.9. The number of nitrogens with one attached hydrogen (secondary N) is 1. The summed E-state index contributed by atoms with van der Waals surface area (Å²) in [5.74, 6) is -7.50. The highest BCUT2D eigenvalue weighted by Crippen LogP contribution is 2.39. The molecule has 0 bridgehead atoms. The second kappa shape index (κ2) is 12.6. The van der Waals surface area contributed by atoms with Crippen molar-refractivity contribution in [2.24, 2.45) is 10.7 Å². The summed E-state index contributed by atoms with van der Waals surface area (Å²) >= 11 is 4.69. The normalized spacial score (nSPS) is 12.9. The topological polar surface area (TPSA) is 220 Å². The molecule has 1 rings (SSSR count). The molecule has 1 aromatic rings. The number of isothiocyanates is 1. The lowest BCUT2D eigenvalue weighted by Crippen LogP contribution is -2.75. The summed E-state index contributed by atoms with van der Waals surface area (Å²) in [4.78, 5) is 65.5. The smallest absolute Gasteiger partial charge is 0.317 e. The first kappa shape index (κ1) is 28.5. The molecule has 1 aromatic carbocycles. The third-order valence-electron chi connectivity index (χ3n) is 4.92. The highest BCUT2D eigenvalue weighted by atomic mass is 32.1. The van der Waals surface area contributed by atoms with Gasteiger partial charge in [0.25, 0.3) is 0 Å². The van der Waals surface area contributed by atoms with Gasteiger partial charge < -0.3 is 26.2 Å². The van der Waals surface area contributed by atoms with Crippen molar-refractivity contribution in [1.29, 1.82) is 0 Å². The molecule has 184 valence electrons. The van der Waals surface area contributed by atoms with Gasteiger partial charge in [0.1, 0.15) is 0 Å². The minimum absolute atomic E-state index is 0.0632. The van der Waals surface area contributed by atoms with E-state index in [4.69, 9.17) is 18.0 Å². The zero-order valence-corrected chi connectivity index (χ0v) is 18.7. The summed E-state index contributed by atoms with van der Waals surface area (Å²) < 4.78 is 0. The van der Waals surface area contributed by atoms with E-state index in [-0.39, 0.29) is 18.7 Å². The van der Waals surface area contributed by atoms with Crippen LogP contribution < -0.4 is 11.1 Å². The first-order valence-corrected chi connectivity index (χ1v) is 10.1. The molecule has 0 amide bonds. The van der Waals surface area contributed by atoms with Gasteiger partial charge in [-0.2, -0.15) is 4.99 Å². The Bertz CT molecular complexity index is 950. The Morgan fingerprint density at radius 2 is 1.44 bits per heavy atom. The zero-order chi connectivity index (χ0) is 25.9. The summed E-state index contributed by atoms with van der Waals surface area (Å²) in [6, 6.07) is 7.21. The van der Waals surface area contributed by atoms with E-state index in [2.05, 4.69) is 10.3 Å². The molecule has 0 heterocycles. The lowest BCUT2D eigenvalue weighted by atomic mass is 9.72. The third kappa shape index (κ3) is 6.73. The van der Waals surface area contributed by atoms with E-state index < -0.39 is 66.8 Å². The summed E-state index contributed by atoms with van der Waals surface area (Å²) in [5, 5.41) is 42.9. The molecular weight excluding hydrogens is 472 g/mol. The predicted molar refractivity (Wildman–Crippen MR) is 120 cm³/mol. The van der Waals surface area contributed by atoms with Crippen LogP contribution in [0.2, 0.25) is 0 Å². The largest absolute Gasteiger partial charge is 0.481 e. The number of rotatable bonds is 16. The van der Waals surface area contributed by atoms with Crippen molar-refractivity contribution in [3.05, 3.63) is 35.9 Å². The van der Waals surface area contributed by atoms with Gasteiger partial charge in [-0.3, -0.25) is 34.2 Å². The van der Waals surface area contributed by atoms with Crippen LogP contribution in [0.4, 0.5) is 0 Å². The Hall–Kier alpha value is -3.55. The maximum absolute atomic E-state index is 13.9. The van der Waals surface area contributed by atoms with Crippen LogP contribution in [0.15, 0.2) is 35.3 Å². The molecular formula is C20H24N4O9S. The molecule has 0 saturated heterocycles. The standard InChI is InChI=1S/C20H24N4O9S/c21-6-7-22-20(23-12-34,18(33)13-4-2-1-3-5-13)19(8-14(25)26,9-15(27)28)24(10-16(29)30)11-17(31)32/h1-5,22H,6-11,21H2,(H,25,26)(H,27,28)(H,29,30)(H,31,32). The van der Waals surface area contributed by atoms with Crippen molar-refractivity contribution in [2.75, 3.05) is 26.2 Å². The number of benzene rings is 1. The van der Waals surface area contributed by atoms with Crippen LogP contribution in [0.5, 0.6) is 0 Å². The molecule has 0 aliphatic rings. The number of carbonyl (C=O) groups excluding carboxylic acids is 1. The summed E-state index contributed by atoms with van der Waals surface area (Å²) in [6.07, 6.45) is -2.40. The van der Waals surface area contributed by atoms with Crippen molar-refractivity contribution in [2.45, 2.75) is 24.0 Å². The van der Waals surface area contributed by atoms with E-state index in [1.807, 2.05) is 5.16 Å². The number of nitrogens with two attached hydrogens (primary N) is 1. The molecule has 0 aromatic heterocycles. The fraction of sp³-hybridized carbons (Fsp3) is 0.400. The number of aliphatic carboxylic acids is 4. The van der Waals surface area contributed by atoms with E-state index in [9.17, 15) is 44.4 Å². The lowest BCUT2D eigenvalue weighted by Gasteiger charge is -2.51. The van der Waals surface area contributed by atoms with Crippen LogP contribution in [0.3, 0.4) is 0 Å². The van der Waals surface area contributed by atoms with Crippen LogP contribution in [-0.4, -0.2) is 97.5 Å². The van der Waals surface area contributed by atoms with Gasteiger partial charge in [-0.15, -0.1) is 0 Å². The van der Waals surface area contributed by atoms with Gasteiger partial charge >= 0.3 is 23.9 Å². The van der Waals surface area contributed by atoms with Gasteiger partial charge in [-0.1, -0.05) is 30.3 Å². The second-order valence-electron chi connectivity index (χ2n) is 7.14. The number of nitrogens with zero attached hydrogens (tertiary/aromatic N) is 2. The average molecular weight is 496 g/mol. The van der Waals surface area contributed by atoms with Gasteiger partial charge in [0, 0.05) is 18.7 Å². The van der Waals surface area contributed by atoms with Crippen LogP contribution in [0.25, 0.3) is 0 Å². The Labute approximate surface area is 198 Å². The van der Waals surface area contributed by atoms with E-state index >= 15 is 0 Å². The van der Waals surface area contributed by atoms with Gasteiger partial charge in [-0.25, -0.2) is 0 Å².